The third-order valence-corrected chi connectivity index (χ3v) is 9.70. The monoisotopic (exact) mass is 322 g/mol. The summed E-state index contributed by atoms with van der Waals surface area (Å²) in [7, 11) is -3.20. The van der Waals surface area contributed by atoms with Crippen molar-refractivity contribution in [2.45, 2.75) is 71.9 Å². The van der Waals surface area contributed by atoms with E-state index in [-0.39, 0.29) is 21.8 Å². The van der Waals surface area contributed by atoms with Gasteiger partial charge >= 0.3 is 0 Å². The lowest BCUT2D eigenvalue weighted by Gasteiger charge is -2.44. The molecule has 3 heteroatoms. The second kappa shape index (κ2) is 6.27. The van der Waals surface area contributed by atoms with E-state index in [4.69, 9.17) is 0 Å². The molecule has 22 heavy (non-hydrogen) atoms. The van der Waals surface area contributed by atoms with Gasteiger partial charge in [-0.3, -0.25) is 4.79 Å². The Morgan fingerprint density at radius 1 is 1.00 bits per heavy atom. The van der Waals surface area contributed by atoms with Crippen LogP contribution in [0.1, 0.15) is 61.0 Å². The first-order valence-electron chi connectivity index (χ1n) is 8.11. The minimum Gasteiger partial charge on any atom is -0.307 e. The molecule has 1 rings (SSSR count). The van der Waals surface area contributed by atoms with Crippen molar-refractivity contribution in [3.63, 3.8) is 0 Å². The predicted molar refractivity (Wildman–Crippen MR) is 95.9 cm³/mol. The average Bonchev–Trinajstić information content (AvgIpc) is 2.35. The number of carbonyl (C=O) groups excluding carboxylic acids is 1. The van der Waals surface area contributed by atoms with E-state index in [9.17, 15) is 4.79 Å². The molecule has 0 N–H and O–H groups in total. The Hall–Kier alpha value is -0.963. The molecular formula is C19H31FOSi. The number of ketones is 1. The molecule has 0 atom stereocenters. The van der Waals surface area contributed by atoms with Gasteiger partial charge in [0.05, 0.1) is 0 Å². The van der Waals surface area contributed by atoms with Crippen molar-refractivity contribution in [1.29, 1.82) is 0 Å². The molecule has 0 fully saturated rings. The molecule has 0 bridgehead atoms. The SMILES string of the molecule is CC(C)C(=O)Cc1ccc([Si](F)(C(C)(C)C)C(C)(C)C)cc1. The molecule has 0 aliphatic rings. The molecule has 0 saturated carbocycles. The average molecular weight is 323 g/mol. The topological polar surface area (TPSA) is 17.1 Å². The van der Waals surface area contributed by atoms with Crippen LogP contribution in [0.3, 0.4) is 0 Å². The molecule has 0 aliphatic carbocycles. The number of halogens is 1. The molecule has 0 heterocycles. The molecule has 0 radical (unpaired) electrons. The summed E-state index contributed by atoms with van der Waals surface area (Å²) in [6, 6.07) is 7.67. The van der Waals surface area contributed by atoms with Crippen LogP contribution in [0, 0.1) is 5.92 Å². The Kier molecular flexibility index (Phi) is 5.44. The molecule has 0 saturated heterocycles. The van der Waals surface area contributed by atoms with Crippen LogP contribution in [-0.2, 0) is 11.2 Å². The van der Waals surface area contributed by atoms with Crippen LogP contribution >= 0.6 is 0 Å². The van der Waals surface area contributed by atoms with E-state index in [2.05, 4.69) is 0 Å². The first-order valence-corrected chi connectivity index (χ1v) is 9.99. The van der Waals surface area contributed by atoms with E-state index in [0.717, 1.165) is 10.8 Å². The molecule has 1 nitrogen and oxygen atoms in total. The summed E-state index contributed by atoms with van der Waals surface area (Å²) in [5, 5.41) is 0.0781. The van der Waals surface area contributed by atoms with Crippen LogP contribution in [0.2, 0.25) is 10.1 Å². The number of carbonyl (C=O) groups is 1. The smallest absolute Gasteiger partial charge is 0.288 e. The summed E-state index contributed by atoms with van der Waals surface area (Å²) in [5.41, 5.74) is 0.974. The second-order valence-corrected chi connectivity index (χ2v) is 13.5. The van der Waals surface area contributed by atoms with E-state index in [1.54, 1.807) is 0 Å². The van der Waals surface area contributed by atoms with Gasteiger partial charge in [0.15, 0.2) is 0 Å². The fraction of sp³-hybridized carbons (Fsp3) is 0.632. The minimum absolute atomic E-state index is 0.0402. The van der Waals surface area contributed by atoms with Crippen LogP contribution in [0.4, 0.5) is 4.11 Å². The molecule has 1 aromatic carbocycles. The maximum absolute atomic E-state index is 16.1. The van der Waals surface area contributed by atoms with Crippen LogP contribution in [0.25, 0.3) is 0 Å². The quantitative estimate of drug-likeness (QED) is 0.551. The number of rotatable bonds is 4. The standard InChI is InChI=1S/C19H31FOSi/c1-14(2)17(21)13-15-9-11-16(12-10-15)22(20,18(3,4)5)19(6,7)8/h9-12,14H,13H2,1-8H3. The van der Waals surface area contributed by atoms with Gasteiger partial charge in [-0.2, -0.15) is 0 Å². The van der Waals surface area contributed by atoms with Gasteiger partial charge in [0.1, 0.15) is 5.78 Å². The summed E-state index contributed by atoms with van der Waals surface area (Å²) in [4.78, 5) is 11.8. The van der Waals surface area contributed by atoms with Gasteiger partial charge in [-0.25, -0.2) is 0 Å². The van der Waals surface area contributed by atoms with Crippen molar-refractivity contribution < 1.29 is 8.90 Å². The second-order valence-electron chi connectivity index (χ2n) is 8.65. The van der Waals surface area contributed by atoms with Gasteiger partial charge in [0, 0.05) is 12.3 Å². The zero-order valence-electron chi connectivity index (χ0n) is 15.4. The number of hydrogen-bond acceptors (Lipinski definition) is 1. The molecule has 0 aliphatic heterocycles. The zero-order chi connectivity index (χ0) is 17.3. The molecule has 0 amide bonds. The summed E-state index contributed by atoms with van der Waals surface area (Å²) in [6.45, 7) is 15.8. The van der Waals surface area contributed by atoms with Crippen LogP contribution < -0.4 is 5.19 Å². The third kappa shape index (κ3) is 3.68. The summed E-state index contributed by atoms with van der Waals surface area (Å²) < 4.78 is 16.1. The predicted octanol–water partition coefficient (Wildman–Crippen LogP) is 5.18. The Morgan fingerprint density at radius 2 is 1.41 bits per heavy atom. The van der Waals surface area contributed by atoms with Crippen molar-refractivity contribution in [2.75, 3.05) is 0 Å². The summed E-state index contributed by atoms with van der Waals surface area (Å²) >= 11 is 0. The van der Waals surface area contributed by atoms with Gasteiger partial charge in [-0.15, -0.1) is 0 Å². The van der Waals surface area contributed by atoms with Crippen molar-refractivity contribution in [1.82, 2.24) is 0 Å². The Labute approximate surface area is 136 Å². The summed E-state index contributed by atoms with van der Waals surface area (Å²) in [5.74, 6) is 0.265. The normalized spacial score (nSPS) is 13.5. The largest absolute Gasteiger partial charge is 0.307 e. The number of benzene rings is 1. The summed E-state index contributed by atoms with van der Waals surface area (Å²) in [6.07, 6.45) is 0.434. The van der Waals surface area contributed by atoms with Crippen LogP contribution in [0.5, 0.6) is 0 Å². The fourth-order valence-electron chi connectivity index (χ4n) is 3.25. The maximum atomic E-state index is 16.1. The molecule has 1 aromatic rings. The van der Waals surface area contributed by atoms with E-state index in [0.29, 0.717) is 6.42 Å². The Balaban J connectivity index is 3.18. The maximum Gasteiger partial charge on any atom is 0.288 e. The van der Waals surface area contributed by atoms with E-state index in [1.807, 2.05) is 79.7 Å². The van der Waals surface area contributed by atoms with Gasteiger partial charge in [0.25, 0.3) is 8.41 Å². The lowest BCUT2D eigenvalue weighted by molar-refractivity contribution is -0.121. The van der Waals surface area contributed by atoms with E-state index >= 15 is 4.11 Å². The van der Waals surface area contributed by atoms with Crippen molar-refractivity contribution in [3.8, 4) is 0 Å². The first kappa shape index (κ1) is 19.1. The first-order chi connectivity index (χ1) is 9.80. The Bertz CT molecular complexity index is 504. The van der Waals surface area contributed by atoms with Crippen molar-refractivity contribution >= 4 is 19.4 Å². The lowest BCUT2D eigenvalue weighted by atomic mass is 10.0. The van der Waals surface area contributed by atoms with Gasteiger partial charge in [-0.05, 0) is 20.8 Å². The van der Waals surface area contributed by atoms with Gasteiger partial charge in [0.2, 0.25) is 0 Å². The van der Waals surface area contributed by atoms with Gasteiger partial charge in [-0.1, -0.05) is 79.7 Å². The molecular weight excluding hydrogens is 291 g/mol. The van der Waals surface area contributed by atoms with E-state index in [1.165, 1.54) is 0 Å². The molecule has 0 spiro atoms. The Morgan fingerprint density at radius 3 is 1.73 bits per heavy atom. The highest BCUT2D eigenvalue weighted by molar-refractivity contribution is 6.90. The zero-order valence-corrected chi connectivity index (χ0v) is 16.4. The minimum atomic E-state index is -3.20. The molecule has 0 aromatic heterocycles. The highest BCUT2D eigenvalue weighted by Gasteiger charge is 2.56. The fourth-order valence-corrected chi connectivity index (χ4v) is 7.86. The van der Waals surface area contributed by atoms with Gasteiger partial charge < -0.3 is 4.11 Å². The molecule has 0 unspecified atom stereocenters. The highest BCUT2D eigenvalue weighted by atomic mass is 28.4. The van der Waals surface area contributed by atoms with E-state index < -0.39 is 8.41 Å². The van der Waals surface area contributed by atoms with Crippen molar-refractivity contribution in [2.24, 2.45) is 5.92 Å². The number of Topliss-reactive ketones (excluding diaryl/α,β-unsaturated/α-hetero) is 1. The van der Waals surface area contributed by atoms with Crippen molar-refractivity contribution in [3.05, 3.63) is 29.8 Å². The highest BCUT2D eigenvalue weighted by Crippen LogP contribution is 2.51. The lowest BCUT2D eigenvalue weighted by Crippen LogP contribution is -2.57. The van der Waals surface area contributed by atoms with Crippen LogP contribution in [0.15, 0.2) is 24.3 Å². The van der Waals surface area contributed by atoms with Crippen LogP contribution in [-0.4, -0.2) is 14.2 Å². The third-order valence-electron chi connectivity index (χ3n) is 4.44. The number of hydrogen-bond donors (Lipinski definition) is 0. The molecule has 124 valence electrons.